The van der Waals surface area contributed by atoms with Crippen LogP contribution in [0.25, 0.3) is 0 Å². The quantitative estimate of drug-likeness (QED) is 0.645. The van der Waals surface area contributed by atoms with E-state index in [1.165, 1.54) is 0 Å². The molecule has 1 rings (SSSR count). The maximum absolute atomic E-state index is 11.9. The fraction of sp³-hybridized carbons (Fsp3) is 0.455. The van der Waals surface area contributed by atoms with Gasteiger partial charge in [-0.15, -0.1) is 0 Å². The van der Waals surface area contributed by atoms with E-state index in [0.717, 1.165) is 10.0 Å². The lowest BCUT2D eigenvalue weighted by Crippen LogP contribution is -2.18. The number of rotatable bonds is 5. The van der Waals surface area contributed by atoms with Crippen LogP contribution in [0.5, 0.6) is 0 Å². The van der Waals surface area contributed by atoms with Gasteiger partial charge in [0.15, 0.2) is 0 Å². The first-order valence-electron chi connectivity index (χ1n) is 5.20. The molecule has 0 unspecified atom stereocenters. The molecule has 1 aromatic rings. The molecule has 0 aliphatic rings. The van der Waals surface area contributed by atoms with Crippen LogP contribution < -0.4 is 11.1 Å². The van der Waals surface area contributed by atoms with Crippen molar-refractivity contribution in [3.63, 3.8) is 0 Å². The van der Waals surface area contributed by atoms with Gasteiger partial charge in [-0.2, -0.15) is 13.2 Å². The van der Waals surface area contributed by atoms with Crippen LogP contribution >= 0.6 is 15.9 Å². The van der Waals surface area contributed by atoms with Gasteiger partial charge < -0.3 is 11.1 Å². The van der Waals surface area contributed by atoms with Gasteiger partial charge in [-0.3, -0.25) is 0 Å². The highest BCUT2D eigenvalue weighted by Gasteiger charge is 2.25. The van der Waals surface area contributed by atoms with Crippen molar-refractivity contribution in [2.45, 2.75) is 25.6 Å². The molecule has 0 bridgehead atoms. The van der Waals surface area contributed by atoms with Crippen molar-refractivity contribution in [1.82, 2.24) is 5.32 Å². The monoisotopic (exact) mass is 310 g/mol. The molecular formula is C11H14BrF3N2. The molecule has 0 spiro atoms. The smallest absolute Gasteiger partial charge is 0.389 e. The third-order valence-electron chi connectivity index (χ3n) is 2.24. The molecule has 0 aromatic heterocycles. The lowest BCUT2D eigenvalue weighted by Gasteiger charge is -2.09. The second kappa shape index (κ2) is 6.26. The van der Waals surface area contributed by atoms with Crippen molar-refractivity contribution in [3.8, 4) is 0 Å². The Morgan fingerprint density at radius 2 is 2.00 bits per heavy atom. The normalized spacial score (nSPS) is 11.8. The molecule has 0 heterocycles. The van der Waals surface area contributed by atoms with Crippen molar-refractivity contribution in [1.29, 1.82) is 0 Å². The first-order valence-corrected chi connectivity index (χ1v) is 5.99. The van der Waals surface area contributed by atoms with Crippen LogP contribution in [0.1, 0.15) is 18.4 Å². The number of alkyl halides is 3. The van der Waals surface area contributed by atoms with E-state index in [0.29, 0.717) is 18.8 Å². The minimum absolute atomic E-state index is 0.0833. The molecule has 17 heavy (non-hydrogen) atoms. The predicted molar refractivity (Wildman–Crippen MR) is 65.6 cm³/mol. The first-order chi connectivity index (χ1) is 7.88. The van der Waals surface area contributed by atoms with E-state index in [1.54, 1.807) is 6.07 Å². The number of nitrogens with one attached hydrogen (secondary N) is 1. The van der Waals surface area contributed by atoms with Gasteiger partial charge in [0, 0.05) is 23.1 Å². The maximum Gasteiger partial charge on any atom is 0.389 e. The van der Waals surface area contributed by atoms with Crippen LogP contribution in [0.2, 0.25) is 0 Å². The molecule has 3 N–H and O–H groups in total. The molecule has 0 atom stereocenters. The average molecular weight is 311 g/mol. The summed E-state index contributed by atoms with van der Waals surface area (Å²) in [4.78, 5) is 0. The van der Waals surface area contributed by atoms with E-state index in [1.807, 2.05) is 12.1 Å². The van der Waals surface area contributed by atoms with Crippen molar-refractivity contribution in [2.75, 3.05) is 12.3 Å². The zero-order valence-corrected chi connectivity index (χ0v) is 10.7. The highest BCUT2D eigenvalue weighted by molar-refractivity contribution is 9.10. The molecule has 96 valence electrons. The topological polar surface area (TPSA) is 38.0 Å². The molecule has 0 aliphatic heterocycles. The SMILES string of the molecule is Nc1cc(Br)ccc1CNCCCC(F)(F)F. The molecule has 0 amide bonds. The van der Waals surface area contributed by atoms with Crippen LogP contribution in [-0.4, -0.2) is 12.7 Å². The Hall–Kier alpha value is -0.750. The summed E-state index contributed by atoms with van der Waals surface area (Å²) in [6.07, 6.45) is -4.74. The zero-order valence-electron chi connectivity index (χ0n) is 9.15. The summed E-state index contributed by atoms with van der Waals surface area (Å²) in [7, 11) is 0. The van der Waals surface area contributed by atoms with E-state index < -0.39 is 12.6 Å². The third-order valence-corrected chi connectivity index (χ3v) is 2.73. The van der Waals surface area contributed by atoms with E-state index in [4.69, 9.17) is 5.73 Å². The van der Waals surface area contributed by atoms with Gasteiger partial charge in [-0.05, 0) is 30.7 Å². The fourth-order valence-corrected chi connectivity index (χ4v) is 1.74. The molecule has 0 saturated heterocycles. The Morgan fingerprint density at radius 1 is 1.29 bits per heavy atom. The largest absolute Gasteiger partial charge is 0.398 e. The van der Waals surface area contributed by atoms with Gasteiger partial charge in [0.2, 0.25) is 0 Å². The molecule has 0 radical (unpaired) electrons. The Kier molecular flexibility index (Phi) is 5.27. The molecule has 0 aliphatic carbocycles. The lowest BCUT2D eigenvalue weighted by atomic mass is 10.2. The van der Waals surface area contributed by atoms with Gasteiger partial charge in [-0.1, -0.05) is 22.0 Å². The number of halogens is 4. The summed E-state index contributed by atoms with van der Waals surface area (Å²) >= 11 is 3.29. The minimum atomic E-state index is -4.07. The third kappa shape index (κ3) is 5.93. The molecule has 1 aromatic carbocycles. The van der Waals surface area contributed by atoms with E-state index in [9.17, 15) is 13.2 Å². The van der Waals surface area contributed by atoms with E-state index in [-0.39, 0.29) is 6.42 Å². The number of nitrogens with two attached hydrogens (primary N) is 1. The second-order valence-corrected chi connectivity index (χ2v) is 4.65. The Bertz CT molecular complexity index is 366. The van der Waals surface area contributed by atoms with Crippen LogP contribution in [0.4, 0.5) is 18.9 Å². The van der Waals surface area contributed by atoms with Crippen molar-refractivity contribution in [2.24, 2.45) is 0 Å². The standard InChI is InChI=1S/C11H14BrF3N2/c12-9-3-2-8(10(16)6-9)7-17-5-1-4-11(13,14)15/h2-3,6,17H,1,4-5,7,16H2. The number of anilines is 1. The average Bonchev–Trinajstić information content (AvgIpc) is 2.18. The summed E-state index contributed by atoms with van der Waals surface area (Å²) < 4.78 is 36.5. The van der Waals surface area contributed by atoms with Gasteiger partial charge >= 0.3 is 6.18 Å². The van der Waals surface area contributed by atoms with Gasteiger partial charge in [0.25, 0.3) is 0 Å². The second-order valence-electron chi connectivity index (χ2n) is 3.74. The number of hydrogen-bond acceptors (Lipinski definition) is 2. The highest BCUT2D eigenvalue weighted by Crippen LogP contribution is 2.21. The van der Waals surface area contributed by atoms with Crippen LogP contribution in [0.15, 0.2) is 22.7 Å². The minimum Gasteiger partial charge on any atom is -0.398 e. The van der Waals surface area contributed by atoms with Crippen molar-refractivity contribution in [3.05, 3.63) is 28.2 Å². The highest BCUT2D eigenvalue weighted by atomic mass is 79.9. The van der Waals surface area contributed by atoms with Crippen LogP contribution in [0.3, 0.4) is 0 Å². The number of nitrogen functional groups attached to an aromatic ring is 1. The Balaban J connectivity index is 2.27. The van der Waals surface area contributed by atoms with Crippen molar-refractivity contribution < 1.29 is 13.2 Å². The maximum atomic E-state index is 11.9. The molecule has 6 heteroatoms. The molecule has 0 fully saturated rings. The van der Waals surface area contributed by atoms with Crippen LogP contribution in [-0.2, 0) is 6.54 Å². The first kappa shape index (κ1) is 14.3. The Morgan fingerprint density at radius 3 is 2.59 bits per heavy atom. The van der Waals surface area contributed by atoms with E-state index >= 15 is 0 Å². The van der Waals surface area contributed by atoms with Gasteiger partial charge in [0.1, 0.15) is 0 Å². The van der Waals surface area contributed by atoms with Crippen LogP contribution in [0, 0.1) is 0 Å². The lowest BCUT2D eigenvalue weighted by molar-refractivity contribution is -0.135. The zero-order chi connectivity index (χ0) is 12.9. The van der Waals surface area contributed by atoms with Gasteiger partial charge in [0.05, 0.1) is 0 Å². The summed E-state index contributed by atoms with van der Waals surface area (Å²) in [5.74, 6) is 0. The molecule has 2 nitrogen and oxygen atoms in total. The molecular weight excluding hydrogens is 297 g/mol. The summed E-state index contributed by atoms with van der Waals surface area (Å²) in [5, 5.41) is 2.94. The summed E-state index contributed by atoms with van der Waals surface area (Å²) in [6, 6.07) is 5.46. The Labute approximate surface area is 107 Å². The molecule has 0 saturated carbocycles. The summed E-state index contributed by atoms with van der Waals surface area (Å²) in [5.41, 5.74) is 7.27. The predicted octanol–water partition coefficient (Wildman–Crippen LogP) is 3.46. The number of benzene rings is 1. The van der Waals surface area contributed by atoms with E-state index in [2.05, 4.69) is 21.2 Å². The number of hydrogen-bond donors (Lipinski definition) is 2. The van der Waals surface area contributed by atoms with Gasteiger partial charge in [-0.25, -0.2) is 0 Å². The summed E-state index contributed by atoms with van der Waals surface area (Å²) in [6.45, 7) is 0.811. The fourth-order valence-electron chi connectivity index (χ4n) is 1.36. The van der Waals surface area contributed by atoms with Crippen molar-refractivity contribution >= 4 is 21.6 Å².